The Labute approximate surface area is 227 Å². The normalized spacial score (nSPS) is 12.0. The minimum Gasteiger partial charge on any atom is -0.131 e. The van der Waals surface area contributed by atoms with E-state index in [1.54, 1.807) is 0 Å². The summed E-state index contributed by atoms with van der Waals surface area (Å²) in [6, 6.07) is 0. The van der Waals surface area contributed by atoms with Gasteiger partial charge in [0.25, 0.3) is 0 Å². The van der Waals surface area contributed by atoms with E-state index >= 15 is 0 Å². The Morgan fingerprint density at radius 1 is 0.286 bits per heavy atom. The van der Waals surface area contributed by atoms with Crippen molar-refractivity contribution < 1.29 is 0 Å². The minimum atomic E-state index is 0.545. The van der Waals surface area contributed by atoms with Gasteiger partial charge in [0, 0.05) is 0 Å². The molecule has 0 radical (unpaired) electrons. The van der Waals surface area contributed by atoms with Crippen molar-refractivity contribution in [1.29, 1.82) is 0 Å². The van der Waals surface area contributed by atoms with Crippen molar-refractivity contribution in [3.8, 4) is 0 Å². The van der Waals surface area contributed by atoms with Gasteiger partial charge in [-0.25, -0.2) is 0 Å². The lowest BCUT2D eigenvalue weighted by molar-refractivity contribution is 0.401. The van der Waals surface area contributed by atoms with E-state index in [0.29, 0.717) is 5.16 Å². The second-order valence-electron chi connectivity index (χ2n) is 12.1. The van der Waals surface area contributed by atoms with E-state index in [9.17, 15) is 0 Å². The fraction of sp³-hybridized carbons (Fsp3) is 1.00. The lowest BCUT2D eigenvalue weighted by Crippen LogP contribution is -2.20. The molecule has 1 unspecified atom stereocenters. The molecule has 0 aliphatic carbocycles. The van der Waals surface area contributed by atoms with Crippen molar-refractivity contribution >= 4 is 9.24 Å². The highest BCUT2D eigenvalue weighted by Gasteiger charge is 2.23. The van der Waals surface area contributed by atoms with E-state index in [1.807, 2.05) is 0 Å². The molecule has 1 atom stereocenters. The largest absolute Gasteiger partial charge is 0.131 e. The van der Waals surface area contributed by atoms with Gasteiger partial charge in [-0.1, -0.05) is 194 Å². The first-order chi connectivity index (χ1) is 17.2. The second kappa shape index (κ2) is 29.0. The van der Waals surface area contributed by atoms with Gasteiger partial charge in [0.05, 0.1) is 0 Å². The summed E-state index contributed by atoms with van der Waals surface area (Å²) >= 11 is 0. The summed E-state index contributed by atoms with van der Waals surface area (Å²) in [6.07, 6.45) is 43.7. The maximum absolute atomic E-state index is 3.40. The van der Waals surface area contributed by atoms with Gasteiger partial charge >= 0.3 is 0 Å². The zero-order valence-corrected chi connectivity index (χ0v) is 26.4. The van der Waals surface area contributed by atoms with E-state index in [2.05, 4.69) is 30.0 Å². The predicted molar refractivity (Wildman–Crippen MR) is 168 cm³/mol. The molecule has 0 aromatic rings. The molecule has 0 amide bonds. The predicted octanol–water partition coefficient (Wildman–Crippen LogP) is 13.4. The summed E-state index contributed by atoms with van der Waals surface area (Å²) in [5, 5.41) is 0.545. The van der Waals surface area contributed by atoms with Crippen LogP contribution in [-0.2, 0) is 0 Å². The molecular formula is C34H71P. The summed E-state index contributed by atoms with van der Waals surface area (Å²) in [4.78, 5) is 0. The zero-order chi connectivity index (χ0) is 25.7. The molecule has 0 spiro atoms. The molecule has 0 fully saturated rings. The van der Waals surface area contributed by atoms with E-state index in [4.69, 9.17) is 0 Å². The molecule has 0 nitrogen and oxygen atoms in total. The molecule has 0 bridgehead atoms. The molecule has 1 heteroatoms. The summed E-state index contributed by atoms with van der Waals surface area (Å²) in [6.45, 7) is 6.95. The van der Waals surface area contributed by atoms with Gasteiger partial charge in [0.2, 0.25) is 0 Å². The van der Waals surface area contributed by atoms with Gasteiger partial charge < -0.3 is 0 Å². The smallest absolute Gasteiger partial charge is 0.0150 e. The highest BCUT2D eigenvalue weighted by molar-refractivity contribution is 7.19. The number of unbranched alkanes of at least 4 members (excludes halogenated alkanes) is 24. The van der Waals surface area contributed by atoms with Crippen molar-refractivity contribution in [2.45, 2.75) is 219 Å². The quantitative estimate of drug-likeness (QED) is 0.0665. The van der Waals surface area contributed by atoms with Crippen molar-refractivity contribution in [2.75, 3.05) is 0 Å². The average molecular weight is 511 g/mol. The fourth-order valence-electron chi connectivity index (χ4n) is 5.74. The molecule has 0 rings (SSSR count). The van der Waals surface area contributed by atoms with Gasteiger partial charge in [-0.3, -0.25) is 0 Å². The van der Waals surface area contributed by atoms with Crippen LogP contribution in [0.1, 0.15) is 213 Å². The maximum atomic E-state index is 3.40. The fourth-order valence-corrected chi connectivity index (χ4v) is 6.35. The minimum absolute atomic E-state index is 0.545. The number of hydrogen-bond acceptors (Lipinski definition) is 0. The topological polar surface area (TPSA) is 0 Å². The SMILES string of the molecule is CCCCCCCCCCCC(P)(CCCCCCCCCCC)CCCCCCCCCCC. The van der Waals surface area contributed by atoms with E-state index in [0.717, 1.165) is 0 Å². The van der Waals surface area contributed by atoms with E-state index in [-0.39, 0.29) is 0 Å². The van der Waals surface area contributed by atoms with Crippen LogP contribution in [0.15, 0.2) is 0 Å². The third-order valence-corrected chi connectivity index (χ3v) is 9.20. The molecule has 0 saturated heterocycles. The maximum Gasteiger partial charge on any atom is -0.0150 e. The van der Waals surface area contributed by atoms with Crippen LogP contribution < -0.4 is 0 Å². The molecule has 0 saturated carbocycles. The van der Waals surface area contributed by atoms with Crippen molar-refractivity contribution in [1.82, 2.24) is 0 Å². The zero-order valence-electron chi connectivity index (χ0n) is 25.3. The highest BCUT2D eigenvalue weighted by atomic mass is 31.0. The first kappa shape index (κ1) is 35.4. The van der Waals surface area contributed by atoms with Crippen molar-refractivity contribution in [3.63, 3.8) is 0 Å². The first-order valence-corrected chi connectivity index (χ1v) is 17.5. The third-order valence-electron chi connectivity index (χ3n) is 8.33. The Morgan fingerprint density at radius 3 is 0.657 bits per heavy atom. The summed E-state index contributed by atoms with van der Waals surface area (Å²) < 4.78 is 0. The summed E-state index contributed by atoms with van der Waals surface area (Å²) in [5.41, 5.74) is 0. The van der Waals surface area contributed by atoms with Gasteiger partial charge in [-0.05, 0) is 24.4 Å². The molecule has 212 valence electrons. The number of hydrogen-bond donors (Lipinski definition) is 0. The monoisotopic (exact) mass is 511 g/mol. The highest BCUT2D eigenvalue weighted by Crippen LogP contribution is 2.37. The Balaban J connectivity index is 4.05. The van der Waals surface area contributed by atoms with Crippen LogP contribution >= 0.6 is 9.24 Å². The Morgan fingerprint density at radius 2 is 0.457 bits per heavy atom. The van der Waals surface area contributed by atoms with Gasteiger partial charge in [-0.15, -0.1) is 9.24 Å². The van der Waals surface area contributed by atoms with Gasteiger partial charge in [0.15, 0.2) is 0 Å². The molecule has 0 aromatic carbocycles. The van der Waals surface area contributed by atoms with Crippen LogP contribution in [0.4, 0.5) is 0 Å². The van der Waals surface area contributed by atoms with E-state index in [1.165, 1.54) is 193 Å². The second-order valence-corrected chi connectivity index (χ2v) is 13.3. The lowest BCUT2D eigenvalue weighted by atomic mass is 9.88. The van der Waals surface area contributed by atoms with Crippen LogP contribution in [0.25, 0.3) is 0 Å². The Kier molecular flexibility index (Phi) is 29.3. The molecule has 0 aliphatic heterocycles. The molecule has 35 heavy (non-hydrogen) atoms. The van der Waals surface area contributed by atoms with Crippen LogP contribution in [-0.4, -0.2) is 5.16 Å². The Bertz CT molecular complexity index is 322. The third kappa shape index (κ3) is 27.3. The van der Waals surface area contributed by atoms with Gasteiger partial charge in [-0.2, -0.15) is 0 Å². The van der Waals surface area contributed by atoms with Crippen LogP contribution in [0.3, 0.4) is 0 Å². The Hall–Kier alpha value is 0.430. The lowest BCUT2D eigenvalue weighted by Gasteiger charge is -2.30. The number of rotatable bonds is 30. The molecule has 0 heterocycles. The van der Waals surface area contributed by atoms with Crippen molar-refractivity contribution in [2.24, 2.45) is 0 Å². The first-order valence-electron chi connectivity index (χ1n) is 17.0. The van der Waals surface area contributed by atoms with Crippen LogP contribution in [0, 0.1) is 0 Å². The van der Waals surface area contributed by atoms with Crippen LogP contribution in [0.5, 0.6) is 0 Å². The molecule has 0 aliphatic rings. The standard InChI is InChI=1S/C34H71P/c1-4-7-10-13-16-19-22-25-28-31-34(35,32-29-26-23-20-17-14-11-8-5-2)33-30-27-24-21-18-15-12-9-6-3/h4-33,35H2,1-3H3. The average Bonchev–Trinajstić information content (AvgIpc) is 2.86. The summed E-state index contributed by atoms with van der Waals surface area (Å²) in [7, 11) is 3.40. The molecular weight excluding hydrogens is 439 g/mol. The van der Waals surface area contributed by atoms with E-state index < -0.39 is 0 Å². The van der Waals surface area contributed by atoms with Gasteiger partial charge in [0.1, 0.15) is 0 Å². The molecule has 0 N–H and O–H groups in total. The molecule has 0 aromatic heterocycles. The van der Waals surface area contributed by atoms with Crippen LogP contribution in [0.2, 0.25) is 0 Å². The summed E-state index contributed by atoms with van der Waals surface area (Å²) in [5.74, 6) is 0. The van der Waals surface area contributed by atoms with Crippen molar-refractivity contribution in [3.05, 3.63) is 0 Å².